The molecule has 0 aromatic carbocycles. The molecule has 0 fully saturated rings. The van der Waals surface area contributed by atoms with Crippen LogP contribution in [0.3, 0.4) is 0 Å². The van der Waals surface area contributed by atoms with Gasteiger partial charge in [-0.25, -0.2) is 9.13 Å². The van der Waals surface area contributed by atoms with Crippen molar-refractivity contribution in [2.24, 2.45) is 11.8 Å². The number of phosphoric ester groups is 2. The van der Waals surface area contributed by atoms with Gasteiger partial charge in [-0.1, -0.05) is 356 Å². The van der Waals surface area contributed by atoms with E-state index in [9.17, 15) is 43.2 Å². The Morgan fingerprint density at radius 2 is 0.526 bits per heavy atom. The Balaban J connectivity index is 5.20. The molecule has 0 aliphatic rings. The summed E-state index contributed by atoms with van der Waals surface area (Å²) in [5, 5.41) is 10.6. The van der Waals surface area contributed by atoms with Crippen molar-refractivity contribution >= 4 is 39.5 Å². The van der Waals surface area contributed by atoms with Crippen LogP contribution in [0.1, 0.15) is 408 Å². The lowest BCUT2D eigenvalue weighted by atomic mass is 10.00. The van der Waals surface area contributed by atoms with Crippen LogP contribution in [0.15, 0.2) is 0 Å². The van der Waals surface area contributed by atoms with Crippen LogP contribution < -0.4 is 0 Å². The van der Waals surface area contributed by atoms with Crippen LogP contribution in [0.2, 0.25) is 0 Å². The Bertz CT molecular complexity index is 1870. The number of aliphatic hydroxyl groups excluding tert-OH is 1. The van der Waals surface area contributed by atoms with Gasteiger partial charge in [0.1, 0.15) is 19.3 Å². The molecule has 0 saturated carbocycles. The van der Waals surface area contributed by atoms with Crippen molar-refractivity contribution in [1.82, 2.24) is 0 Å². The van der Waals surface area contributed by atoms with Crippen molar-refractivity contribution in [1.29, 1.82) is 0 Å². The molecule has 0 spiro atoms. The van der Waals surface area contributed by atoms with Crippen LogP contribution in [0.25, 0.3) is 0 Å². The first-order chi connectivity index (χ1) is 46.9. The highest BCUT2D eigenvalue weighted by Crippen LogP contribution is 2.45. The van der Waals surface area contributed by atoms with Gasteiger partial charge in [0.2, 0.25) is 0 Å². The lowest BCUT2D eigenvalue weighted by Crippen LogP contribution is -2.30. The minimum Gasteiger partial charge on any atom is -0.462 e. The number of ether oxygens (including phenoxy) is 4. The van der Waals surface area contributed by atoms with Crippen LogP contribution in [0, 0.1) is 11.8 Å². The van der Waals surface area contributed by atoms with Gasteiger partial charge in [0, 0.05) is 25.7 Å². The zero-order valence-electron chi connectivity index (χ0n) is 63.4. The van der Waals surface area contributed by atoms with Gasteiger partial charge in [0.15, 0.2) is 12.2 Å². The summed E-state index contributed by atoms with van der Waals surface area (Å²) in [4.78, 5) is 72.8. The largest absolute Gasteiger partial charge is 0.472 e. The van der Waals surface area contributed by atoms with Gasteiger partial charge in [0.25, 0.3) is 0 Å². The van der Waals surface area contributed by atoms with E-state index in [0.717, 1.165) is 102 Å². The SMILES string of the molecule is CCCCCCCCCCCCCCCCCCCCCCCC(=O)O[C@H](COC(=O)CCCCCCCCCCCCCCCCCC)COP(=O)(O)OC[C@@H](O)COP(=O)(O)OC[C@@H](COC(=O)CCCCCCCCC(C)CC)OC(=O)CCCCCCCCCC(C)C. The highest BCUT2D eigenvalue weighted by Gasteiger charge is 2.30. The number of carbonyl (C=O) groups is 4. The van der Waals surface area contributed by atoms with E-state index in [0.29, 0.717) is 31.6 Å². The molecular weight excluding hydrogens is 1270 g/mol. The predicted octanol–water partition coefficient (Wildman–Crippen LogP) is 23.1. The van der Waals surface area contributed by atoms with Gasteiger partial charge in [-0.15, -0.1) is 0 Å². The predicted molar refractivity (Wildman–Crippen MR) is 395 cm³/mol. The van der Waals surface area contributed by atoms with Crippen molar-refractivity contribution in [2.75, 3.05) is 39.6 Å². The summed E-state index contributed by atoms with van der Waals surface area (Å²) in [5.41, 5.74) is 0. The molecule has 19 heteroatoms. The van der Waals surface area contributed by atoms with E-state index >= 15 is 0 Å². The summed E-state index contributed by atoms with van der Waals surface area (Å²) < 4.78 is 68.5. The van der Waals surface area contributed by atoms with Gasteiger partial charge in [0.05, 0.1) is 26.4 Å². The topological polar surface area (TPSA) is 237 Å². The van der Waals surface area contributed by atoms with Gasteiger partial charge < -0.3 is 33.8 Å². The summed E-state index contributed by atoms with van der Waals surface area (Å²) in [6.45, 7) is 9.50. The fraction of sp³-hybridized carbons (Fsp3) is 0.949. The zero-order valence-corrected chi connectivity index (χ0v) is 65.2. The minimum atomic E-state index is -4.96. The van der Waals surface area contributed by atoms with E-state index in [2.05, 4.69) is 41.5 Å². The molecule has 0 aromatic heterocycles. The first-order valence-electron chi connectivity index (χ1n) is 40.5. The van der Waals surface area contributed by atoms with Crippen LogP contribution in [0.5, 0.6) is 0 Å². The van der Waals surface area contributed by atoms with E-state index in [4.69, 9.17) is 37.0 Å². The number of esters is 4. The number of carbonyl (C=O) groups excluding carboxylic acids is 4. The third kappa shape index (κ3) is 70.9. The molecule has 3 N–H and O–H groups in total. The Hall–Kier alpha value is -1.94. The van der Waals surface area contributed by atoms with Gasteiger partial charge in [-0.05, 0) is 37.5 Å². The molecule has 0 aliphatic carbocycles. The normalized spacial score (nSPS) is 14.2. The quantitative estimate of drug-likeness (QED) is 0.0222. The van der Waals surface area contributed by atoms with Crippen molar-refractivity contribution in [3.05, 3.63) is 0 Å². The Morgan fingerprint density at radius 3 is 0.784 bits per heavy atom. The number of hydrogen-bond donors (Lipinski definition) is 3. The Labute approximate surface area is 594 Å². The van der Waals surface area contributed by atoms with E-state index in [1.807, 2.05) is 0 Å². The van der Waals surface area contributed by atoms with Crippen molar-refractivity contribution in [3.63, 3.8) is 0 Å². The fourth-order valence-electron chi connectivity index (χ4n) is 12.0. The second kappa shape index (κ2) is 69.8. The van der Waals surface area contributed by atoms with Gasteiger partial charge in [-0.2, -0.15) is 0 Å². The summed E-state index contributed by atoms with van der Waals surface area (Å²) in [7, 11) is -9.91. The highest BCUT2D eigenvalue weighted by molar-refractivity contribution is 7.47. The molecule has 0 heterocycles. The Kier molecular flexibility index (Phi) is 68.4. The number of unbranched alkanes of at least 4 members (excludes halogenated alkanes) is 46. The van der Waals surface area contributed by atoms with Gasteiger partial charge >= 0.3 is 39.5 Å². The molecule has 3 unspecified atom stereocenters. The van der Waals surface area contributed by atoms with Crippen LogP contribution in [0.4, 0.5) is 0 Å². The molecule has 0 bridgehead atoms. The van der Waals surface area contributed by atoms with Crippen molar-refractivity contribution < 1.29 is 80.2 Å². The monoisotopic (exact) mass is 1420 g/mol. The van der Waals surface area contributed by atoms with E-state index in [1.165, 1.54) is 218 Å². The van der Waals surface area contributed by atoms with Crippen molar-refractivity contribution in [3.8, 4) is 0 Å². The summed E-state index contributed by atoms with van der Waals surface area (Å²) in [6.07, 6.45) is 58.6. The molecule has 0 saturated heterocycles. The molecule has 0 rings (SSSR count). The molecule has 576 valence electrons. The maximum atomic E-state index is 13.1. The van der Waals surface area contributed by atoms with Crippen LogP contribution in [-0.2, 0) is 65.4 Å². The molecule has 6 atom stereocenters. The van der Waals surface area contributed by atoms with Crippen molar-refractivity contribution in [2.45, 2.75) is 426 Å². The summed E-state index contributed by atoms with van der Waals surface area (Å²) >= 11 is 0. The summed E-state index contributed by atoms with van der Waals surface area (Å²) in [5.74, 6) is -0.691. The molecular formula is C78H152O17P2. The molecule has 17 nitrogen and oxygen atoms in total. The Morgan fingerprint density at radius 1 is 0.299 bits per heavy atom. The van der Waals surface area contributed by atoms with Gasteiger partial charge in [-0.3, -0.25) is 37.3 Å². The maximum Gasteiger partial charge on any atom is 0.472 e. The molecule has 97 heavy (non-hydrogen) atoms. The average Bonchev–Trinajstić information content (AvgIpc) is 1.60. The number of rotatable bonds is 77. The zero-order chi connectivity index (χ0) is 71.4. The third-order valence-electron chi connectivity index (χ3n) is 18.6. The minimum absolute atomic E-state index is 0.103. The third-order valence-corrected chi connectivity index (χ3v) is 20.5. The standard InChI is InChI=1S/C78H152O17P2/c1-7-10-12-14-16-18-20-22-24-26-27-28-29-30-32-34-36-38-42-50-56-62-77(82)94-73(66-88-75(80)60-54-48-41-37-35-33-31-25-23-21-19-17-15-13-11-8-2)68-92-96(84,85)90-64-72(79)65-91-97(86,87)93-69-74(95-78(83)63-57-51-43-39-40-46-52-58-70(4)5)67-89-76(81)61-55-49-45-44-47-53-59-71(6)9-3/h70-74,79H,7-69H2,1-6H3,(H,84,85)(H,86,87)/t71?,72-,73-,74-/m1/s1. The molecule has 0 amide bonds. The number of phosphoric acid groups is 2. The number of aliphatic hydroxyl groups is 1. The van der Waals surface area contributed by atoms with E-state index < -0.39 is 97.5 Å². The first kappa shape index (κ1) is 95.1. The molecule has 0 aromatic rings. The fourth-order valence-corrected chi connectivity index (χ4v) is 13.6. The molecule has 0 radical (unpaired) electrons. The van der Waals surface area contributed by atoms with E-state index in [1.54, 1.807) is 0 Å². The molecule has 0 aliphatic heterocycles. The van der Waals surface area contributed by atoms with E-state index in [-0.39, 0.29) is 25.7 Å². The maximum absolute atomic E-state index is 13.1. The second-order valence-electron chi connectivity index (χ2n) is 28.8. The smallest absolute Gasteiger partial charge is 0.462 e. The van der Waals surface area contributed by atoms with Crippen LogP contribution >= 0.6 is 15.6 Å². The lowest BCUT2D eigenvalue weighted by Gasteiger charge is -2.21. The highest BCUT2D eigenvalue weighted by atomic mass is 31.2. The average molecular weight is 1420 g/mol. The number of hydrogen-bond acceptors (Lipinski definition) is 15. The lowest BCUT2D eigenvalue weighted by molar-refractivity contribution is -0.161. The second-order valence-corrected chi connectivity index (χ2v) is 31.7. The first-order valence-corrected chi connectivity index (χ1v) is 43.5. The summed E-state index contributed by atoms with van der Waals surface area (Å²) in [6, 6.07) is 0. The van der Waals surface area contributed by atoms with Crippen LogP contribution in [-0.4, -0.2) is 96.7 Å².